The van der Waals surface area contributed by atoms with Crippen molar-refractivity contribution in [1.29, 1.82) is 0 Å². The van der Waals surface area contributed by atoms with Gasteiger partial charge in [-0.3, -0.25) is 19.5 Å². The van der Waals surface area contributed by atoms with Gasteiger partial charge in [-0.1, -0.05) is 19.1 Å². The average Bonchev–Trinajstić information content (AvgIpc) is 3.80. The Morgan fingerprint density at radius 1 is 0.980 bits per heavy atom. The summed E-state index contributed by atoms with van der Waals surface area (Å²) in [5.74, 6) is 0.665. The lowest BCUT2D eigenvalue weighted by atomic mass is 9.92. The SMILES string of the molecule is CC[C@H]1CN(C(=O)Cc2ccc(CN3CCN(C)CC3)c(C(F)(F)F)c2)Cc2cc(Oc3ccnc4[nH]c(C(=O)N5CCCC5)cc34)cnc21. The van der Waals surface area contributed by atoms with Gasteiger partial charge in [-0.2, -0.15) is 13.2 Å². The summed E-state index contributed by atoms with van der Waals surface area (Å²) >= 11 is 0. The fourth-order valence-corrected chi connectivity index (χ4v) is 7.28. The Bertz CT molecular complexity index is 1880. The zero-order valence-electron chi connectivity index (χ0n) is 28.4. The first-order valence-corrected chi connectivity index (χ1v) is 17.4. The number of nitrogens with zero attached hydrogens (tertiary/aromatic N) is 6. The van der Waals surface area contributed by atoms with Crippen LogP contribution in [0.5, 0.6) is 11.5 Å². The maximum Gasteiger partial charge on any atom is 0.416 e. The molecule has 0 saturated carbocycles. The number of H-pyrrole nitrogens is 1. The number of nitrogens with one attached hydrogen (secondary N) is 1. The minimum atomic E-state index is -4.52. The van der Waals surface area contributed by atoms with E-state index in [2.05, 4.69) is 14.9 Å². The Hall–Kier alpha value is -4.49. The summed E-state index contributed by atoms with van der Waals surface area (Å²) in [5, 5.41) is 0.670. The van der Waals surface area contributed by atoms with E-state index >= 15 is 0 Å². The van der Waals surface area contributed by atoms with E-state index in [1.54, 1.807) is 35.5 Å². The normalized spacial score (nSPS) is 18.9. The summed E-state index contributed by atoms with van der Waals surface area (Å²) in [6.07, 6.45) is 1.35. The van der Waals surface area contributed by atoms with Gasteiger partial charge >= 0.3 is 6.18 Å². The summed E-state index contributed by atoms with van der Waals surface area (Å²) in [5.41, 5.74) is 2.61. The molecule has 1 atom stereocenters. The second-order valence-electron chi connectivity index (χ2n) is 13.7. The predicted octanol–water partition coefficient (Wildman–Crippen LogP) is 5.83. The molecule has 0 radical (unpaired) electrons. The Kier molecular flexibility index (Phi) is 9.53. The molecule has 50 heavy (non-hydrogen) atoms. The molecule has 10 nitrogen and oxygen atoms in total. The smallest absolute Gasteiger partial charge is 0.416 e. The van der Waals surface area contributed by atoms with Crippen LogP contribution in [-0.4, -0.2) is 99.2 Å². The van der Waals surface area contributed by atoms with Gasteiger partial charge < -0.3 is 24.4 Å². The van der Waals surface area contributed by atoms with Crippen LogP contribution in [0.4, 0.5) is 13.2 Å². The zero-order chi connectivity index (χ0) is 35.0. The maximum atomic E-state index is 14.2. The number of aromatic nitrogens is 3. The van der Waals surface area contributed by atoms with Crippen molar-refractivity contribution < 1.29 is 27.5 Å². The number of aromatic amines is 1. The number of rotatable bonds is 8. The van der Waals surface area contributed by atoms with Crippen molar-refractivity contribution in [3.8, 4) is 11.5 Å². The van der Waals surface area contributed by atoms with Gasteiger partial charge in [0.25, 0.3) is 5.91 Å². The Labute approximate surface area is 289 Å². The van der Waals surface area contributed by atoms with E-state index in [-0.39, 0.29) is 42.8 Å². The lowest BCUT2D eigenvalue weighted by Gasteiger charge is -2.34. The monoisotopic (exact) mass is 689 g/mol. The van der Waals surface area contributed by atoms with Crippen molar-refractivity contribution in [3.05, 3.63) is 82.4 Å². The Balaban J connectivity index is 1.07. The minimum absolute atomic E-state index is 0.0232. The van der Waals surface area contributed by atoms with Crippen LogP contribution in [0, 0.1) is 0 Å². The average molecular weight is 690 g/mol. The van der Waals surface area contributed by atoms with Crippen LogP contribution in [0.25, 0.3) is 11.0 Å². The van der Waals surface area contributed by atoms with Crippen LogP contribution in [0.2, 0.25) is 0 Å². The van der Waals surface area contributed by atoms with Gasteiger partial charge in [0.1, 0.15) is 22.8 Å². The molecular formula is C37H42F3N7O3. The molecule has 2 amide bonds. The number of ether oxygens (including phenoxy) is 1. The van der Waals surface area contributed by atoms with Gasteiger partial charge in [-0.05, 0) is 67.3 Å². The third-order valence-corrected chi connectivity index (χ3v) is 10.2. The van der Waals surface area contributed by atoms with Gasteiger partial charge in [0.05, 0.1) is 29.3 Å². The van der Waals surface area contributed by atoms with Crippen LogP contribution in [0.1, 0.15) is 70.5 Å². The molecule has 3 aliphatic heterocycles. The van der Waals surface area contributed by atoms with Crippen LogP contribution < -0.4 is 4.74 Å². The van der Waals surface area contributed by atoms with Crippen molar-refractivity contribution in [2.75, 3.05) is 52.9 Å². The fourth-order valence-electron chi connectivity index (χ4n) is 7.28. The molecule has 0 unspecified atom stereocenters. The van der Waals surface area contributed by atoms with Crippen molar-refractivity contribution >= 4 is 22.8 Å². The molecule has 3 aromatic heterocycles. The summed E-state index contributed by atoms with van der Waals surface area (Å²) in [6.45, 7) is 7.50. The number of amides is 2. The standard InChI is InChI=1S/C37H42F3N7O3/c1-3-25-22-47(33(48)17-24-6-7-26(30(16-24)37(38,39)40)21-45-14-12-44(2)13-15-45)23-27-18-28(20-42-34(25)27)50-32-8-9-41-35-29(32)19-31(43-35)36(49)46-10-4-5-11-46/h6-9,16,18-20,25H,3-5,10-15,17,21-23H2,1-2H3,(H,41,43)/t25-/m0/s1. The predicted molar refractivity (Wildman–Crippen MR) is 182 cm³/mol. The third kappa shape index (κ3) is 7.20. The van der Waals surface area contributed by atoms with Gasteiger partial charge in [0.15, 0.2) is 0 Å². The number of halogens is 3. The number of carbonyl (C=O) groups is 2. The first-order chi connectivity index (χ1) is 24.1. The number of pyridine rings is 2. The maximum absolute atomic E-state index is 14.2. The molecule has 7 rings (SSSR count). The zero-order valence-corrected chi connectivity index (χ0v) is 28.4. The number of piperazine rings is 1. The first kappa shape index (κ1) is 34.0. The summed E-state index contributed by atoms with van der Waals surface area (Å²) in [7, 11) is 2.01. The summed E-state index contributed by atoms with van der Waals surface area (Å²) < 4.78 is 48.9. The molecule has 2 fully saturated rings. The molecule has 264 valence electrons. The topological polar surface area (TPSA) is 97.9 Å². The van der Waals surface area contributed by atoms with E-state index < -0.39 is 11.7 Å². The number of likely N-dealkylation sites (tertiary alicyclic amines) is 1. The highest BCUT2D eigenvalue weighted by molar-refractivity contribution is 5.98. The van der Waals surface area contributed by atoms with E-state index in [0.717, 1.165) is 62.8 Å². The molecule has 3 aliphatic rings. The molecule has 0 aliphatic carbocycles. The second kappa shape index (κ2) is 14.0. The summed E-state index contributed by atoms with van der Waals surface area (Å²) in [4.78, 5) is 46.6. The molecule has 0 spiro atoms. The molecule has 13 heteroatoms. The lowest BCUT2D eigenvalue weighted by Crippen LogP contribution is -2.44. The van der Waals surface area contributed by atoms with Crippen LogP contribution in [0.3, 0.4) is 0 Å². The molecule has 6 heterocycles. The lowest BCUT2D eigenvalue weighted by molar-refractivity contribution is -0.139. The molecule has 1 aromatic carbocycles. The highest BCUT2D eigenvalue weighted by atomic mass is 19.4. The molecule has 2 saturated heterocycles. The number of likely N-dealkylation sites (N-methyl/N-ethyl adjacent to an activating group) is 1. The largest absolute Gasteiger partial charge is 0.455 e. The number of benzene rings is 1. The van der Waals surface area contributed by atoms with Crippen LogP contribution in [0.15, 0.2) is 48.8 Å². The van der Waals surface area contributed by atoms with E-state index in [0.29, 0.717) is 53.4 Å². The number of alkyl halides is 3. The van der Waals surface area contributed by atoms with E-state index in [1.165, 1.54) is 6.07 Å². The van der Waals surface area contributed by atoms with Gasteiger partial charge in [0, 0.05) is 71.0 Å². The number of fused-ring (bicyclic) bond motifs is 2. The Morgan fingerprint density at radius 3 is 2.50 bits per heavy atom. The van der Waals surface area contributed by atoms with Gasteiger partial charge in [0.2, 0.25) is 5.91 Å². The third-order valence-electron chi connectivity index (χ3n) is 10.2. The molecule has 1 N–H and O–H groups in total. The van der Waals surface area contributed by atoms with Crippen LogP contribution >= 0.6 is 0 Å². The Morgan fingerprint density at radius 2 is 1.76 bits per heavy atom. The van der Waals surface area contributed by atoms with Gasteiger partial charge in [-0.25, -0.2) is 4.98 Å². The molecule has 4 aromatic rings. The van der Waals surface area contributed by atoms with Gasteiger partial charge in [-0.15, -0.1) is 0 Å². The number of hydrogen-bond donors (Lipinski definition) is 1. The van der Waals surface area contributed by atoms with Crippen molar-refractivity contribution in [1.82, 2.24) is 34.6 Å². The number of hydrogen-bond acceptors (Lipinski definition) is 7. The van der Waals surface area contributed by atoms with E-state index in [4.69, 9.17) is 9.72 Å². The molecular weight excluding hydrogens is 647 g/mol. The highest BCUT2D eigenvalue weighted by Crippen LogP contribution is 2.36. The summed E-state index contributed by atoms with van der Waals surface area (Å²) in [6, 6.07) is 9.70. The highest BCUT2D eigenvalue weighted by Gasteiger charge is 2.35. The fraction of sp³-hybridized carbons (Fsp3) is 0.459. The quantitative estimate of drug-likeness (QED) is 0.249. The van der Waals surface area contributed by atoms with E-state index in [1.807, 2.05) is 29.8 Å². The van der Waals surface area contributed by atoms with Crippen molar-refractivity contribution in [2.24, 2.45) is 0 Å². The minimum Gasteiger partial charge on any atom is -0.455 e. The number of carbonyl (C=O) groups excluding carboxylic acids is 2. The van der Waals surface area contributed by atoms with Crippen LogP contribution in [-0.2, 0) is 30.5 Å². The molecule has 0 bridgehead atoms. The van der Waals surface area contributed by atoms with Crippen molar-refractivity contribution in [2.45, 2.75) is 57.8 Å². The second-order valence-corrected chi connectivity index (χ2v) is 13.7. The van der Waals surface area contributed by atoms with E-state index in [9.17, 15) is 22.8 Å². The van der Waals surface area contributed by atoms with Crippen molar-refractivity contribution in [3.63, 3.8) is 0 Å². The first-order valence-electron chi connectivity index (χ1n) is 17.4.